The predicted octanol–water partition coefficient (Wildman–Crippen LogP) is 2.03. The lowest BCUT2D eigenvalue weighted by molar-refractivity contribution is 0.101. The number of benzene rings is 1. The van der Waals surface area contributed by atoms with E-state index in [1.807, 2.05) is 0 Å². The van der Waals surface area contributed by atoms with Crippen LogP contribution in [0.25, 0.3) is 0 Å². The Morgan fingerprint density at radius 3 is 2.64 bits per heavy atom. The Labute approximate surface area is 135 Å². The molecule has 0 unspecified atom stereocenters. The minimum absolute atomic E-state index is 0. The summed E-state index contributed by atoms with van der Waals surface area (Å²) in [5.41, 5.74) is 0.661. The topological polar surface area (TPSA) is 78.9 Å². The van der Waals surface area contributed by atoms with Crippen LogP contribution in [0.3, 0.4) is 0 Å². The first kappa shape index (κ1) is 18.3. The second-order valence-electron chi connectivity index (χ2n) is 5.10. The van der Waals surface area contributed by atoms with Crippen molar-refractivity contribution in [1.82, 2.24) is 10.2 Å². The molecule has 1 fully saturated rings. The largest absolute Gasteiger partial charge is 0.494 e. The number of nitrogens with zero attached hydrogens (tertiary/aromatic N) is 1. The van der Waals surface area contributed by atoms with Crippen LogP contribution in [0, 0.1) is 0 Å². The number of rotatable bonds is 5. The number of Topliss-reactive ketones (excluding diaryl/α,β-unsaturated/α-hetero) is 1. The standard InChI is InChI=1S/C15H20N2O4.ClH/c1-11(18)12-2-4-14(5-3-12)21-9-6-13-10-17(15(19)20)8-7-16-13;/h2-5,13,16H,6-10H2,1H3,(H,19,20);1H/t13-;/m1./s1. The number of carbonyl (C=O) groups is 2. The smallest absolute Gasteiger partial charge is 0.407 e. The minimum Gasteiger partial charge on any atom is -0.494 e. The summed E-state index contributed by atoms with van der Waals surface area (Å²) in [7, 11) is 0. The molecule has 0 spiro atoms. The lowest BCUT2D eigenvalue weighted by atomic mass is 10.1. The molecule has 0 bridgehead atoms. The summed E-state index contributed by atoms with van der Waals surface area (Å²) in [6.45, 7) is 3.72. The summed E-state index contributed by atoms with van der Waals surface area (Å²) < 4.78 is 5.62. The SMILES string of the molecule is CC(=O)c1ccc(OCC[C@@H]2CN(C(=O)O)CCN2)cc1.Cl. The molecule has 2 rings (SSSR count). The van der Waals surface area contributed by atoms with E-state index in [9.17, 15) is 9.59 Å². The Balaban J connectivity index is 0.00000242. The number of nitrogens with one attached hydrogen (secondary N) is 1. The van der Waals surface area contributed by atoms with E-state index in [1.165, 1.54) is 11.8 Å². The summed E-state index contributed by atoms with van der Waals surface area (Å²) >= 11 is 0. The van der Waals surface area contributed by atoms with Crippen LogP contribution in [0.1, 0.15) is 23.7 Å². The number of carbonyl (C=O) groups excluding carboxylic acids is 1. The molecule has 1 saturated heterocycles. The molecule has 0 saturated carbocycles. The van der Waals surface area contributed by atoms with Crippen molar-refractivity contribution in [3.8, 4) is 5.75 Å². The minimum atomic E-state index is -0.873. The maximum atomic E-state index is 11.2. The van der Waals surface area contributed by atoms with Gasteiger partial charge in [-0.15, -0.1) is 12.4 Å². The Morgan fingerprint density at radius 2 is 2.05 bits per heavy atom. The van der Waals surface area contributed by atoms with Crippen LogP contribution in [0.4, 0.5) is 4.79 Å². The van der Waals surface area contributed by atoms with Gasteiger partial charge >= 0.3 is 6.09 Å². The molecular weight excluding hydrogens is 308 g/mol. The number of hydrogen-bond acceptors (Lipinski definition) is 4. The zero-order chi connectivity index (χ0) is 15.2. The van der Waals surface area contributed by atoms with Gasteiger partial charge < -0.3 is 20.1 Å². The highest BCUT2D eigenvalue weighted by Gasteiger charge is 2.22. The molecule has 1 aromatic carbocycles. The van der Waals surface area contributed by atoms with E-state index in [1.54, 1.807) is 24.3 Å². The molecule has 7 heteroatoms. The van der Waals surface area contributed by atoms with E-state index in [-0.39, 0.29) is 24.2 Å². The quantitative estimate of drug-likeness (QED) is 0.809. The summed E-state index contributed by atoms with van der Waals surface area (Å²) in [5.74, 6) is 0.743. The van der Waals surface area contributed by atoms with Crippen molar-refractivity contribution in [1.29, 1.82) is 0 Å². The summed E-state index contributed by atoms with van der Waals surface area (Å²) in [4.78, 5) is 23.5. The number of amides is 1. The molecule has 0 radical (unpaired) electrons. The molecule has 1 aliphatic heterocycles. The number of ether oxygens (including phenoxy) is 1. The maximum Gasteiger partial charge on any atom is 0.407 e. The molecular formula is C15H21ClN2O4. The van der Waals surface area contributed by atoms with Crippen molar-refractivity contribution in [2.75, 3.05) is 26.2 Å². The van der Waals surface area contributed by atoms with E-state index in [0.717, 1.165) is 6.42 Å². The van der Waals surface area contributed by atoms with Gasteiger partial charge in [-0.25, -0.2) is 4.79 Å². The summed E-state index contributed by atoms with van der Waals surface area (Å²) in [6, 6.07) is 7.14. The van der Waals surface area contributed by atoms with Gasteiger partial charge in [0.1, 0.15) is 5.75 Å². The van der Waals surface area contributed by atoms with Gasteiger partial charge in [0, 0.05) is 31.2 Å². The third kappa shape index (κ3) is 5.20. The van der Waals surface area contributed by atoms with E-state index in [4.69, 9.17) is 9.84 Å². The highest BCUT2D eigenvalue weighted by molar-refractivity contribution is 5.94. The van der Waals surface area contributed by atoms with E-state index in [0.29, 0.717) is 37.6 Å². The third-order valence-corrected chi connectivity index (χ3v) is 3.52. The highest BCUT2D eigenvalue weighted by Crippen LogP contribution is 2.13. The Morgan fingerprint density at radius 1 is 1.36 bits per heavy atom. The lowest BCUT2D eigenvalue weighted by Gasteiger charge is -2.31. The van der Waals surface area contributed by atoms with Crippen molar-refractivity contribution >= 4 is 24.3 Å². The normalized spacial score (nSPS) is 17.5. The summed E-state index contributed by atoms with van der Waals surface area (Å²) in [5, 5.41) is 12.3. The fraction of sp³-hybridized carbons (Fsp3) is 0.467. The molecule has 0 aliphatic carbocycles. The molecule has 1 atom stereocenters. The van der Waals surface area contributed by atoms with Gasteiger partial charge in [0.15, 0.2) is 5.78 Å². The molecule has 122 valence electrons. The number of halogens is 1. The number of carboxylic acid groups (broad SMARTS) is 1. The molecule has 6 nitrogen and oxygen atoms in total. The number of piperazine rings is 1. The Kier molecular flexibility index (Phi) is 7.14. The van der Waals surface area contributed by atoms with Crippen LogP contribution >= 0.6 is 12.4 Å². The number of ketones is 1. The molecule has 1 heterocycles. The fourth-order valence-corrected chi connectivity index (χ4v) is 2.30. The Bertz CT molecular complexity index is 507. The molecule has 1 aliphatic rings. The molecule has 1 aromatic rings. The average molecular weight is 329 g/mol. The molecule has 2 N–H and O–H groups in total. The zero-order valence-electron chi connectivity index (χ0n) is 12.4. The van der Waals surface area contributed by atoms with Gasteiger partial charge in [0.25, 0.3) is 0 Å². The second kappa shape index (κ2) is 8.60. The van der Waals surface area contributed by atoms with Gasteiger partial charge in [0.05, 0.1) is 6.61 Å². The molecule has 1 amide bonds. The third-order valence-electron chi connectivity index (χ3n) is 3.52. The van der Waals surface area contributed by atoms with Crippen molar-refractivity contribution in [3.05, 3.63) is 29.8 Å². The van der Waals surface area contributed by atoms with E-state index < -0.39 is 6.09 Å². The monoisotopic (exact) mass is 328 g/mol. The van der Waals surface area contributed by atoms with Gasteiger partial charge in [-0.1, -0.05) is 0 Å². The van der Waals surface area contributed by atoms with Crippen LogP contribution in [-0.2, 0) is 0 Å². The van der Waals surface area contributed by atoms with Gasteiger partial charge in [-0.2, -0.15) is 0 Å². The first-order valence-corrected chi connectivity index (χ1v) is 7.01. The summed E-state index contributed by atoms with van der Waals surface area (Å²) in [6.07, 6.45) is -0.139. The predicted molar refractivity (Wildman–Crippen MR) is 85.2 cm³/mol. The first-order valence-electron chi connectivity index (χ1n) is 7.01. The van der Waals surface area contributed by atoms with Gasteiger partial charge in [0.2, 0.25) is 0 Å². The van der Waals surface area contributed by atoms with Crippen molar-refractivity contribution < 1.29 is 19.4 Å². The molecule has 22 heavy (non-hydrogen) atoms. The highest BCUT2D eigenvalue weighted by atomic mass is 35.5. The van der Waals surface area contributed by atoms with Crippen molar-refractivity contribution in [3.63, 3.8) is 0 Å². The zero-order valence-corrected chi connectivity index (χ0v) is 13.3. The van der Waals surface area contributed by atoms with Crippen LogP contribution in [0.5, 0.6) is 5.75 Å². The lowest BCUT2D eigenvalue weighted by Crippen LogP contribution is -2.52. The van der Waals surface area contributed by atoms with Gasteiger partial charge in [-0.05, 0) is 37.6 Å². The number of hydrogen-bond donors (Lipinski definition) is 2. The second-order valence-corrected chi connectivity index (χ2v) is 5.10. The Hall–Kier alpha value is -1.79. The van der Waals surface area contributed by atoms with Crippen LogP contribution in [-0.4, -0.2) is 54.2 Å². The fourth-order valence-electron chi connectivity index (χ4n) is 2.30. The van der Waals surface area contributed by atoms with Crippen molar-refractivity contribution in [2.24, 2.45) is 0 Å². The van der Waals surface area contributed by atoms with Crippen LogP contribution < -0.4 is 10.1 Å². The van der Waals surface area contributed by atoms with Crippen molar-refractivity contribution in [2.45, 2.75) is 19.4 Å². The molecule has 0 aromatic heterocycles. The van der Waals surface area contributed by atoms with Crippen LogP contribution in [0.15, 0.2) is 24.3 Å². The van der Waals surface area contributed by atoms with E-state index in [2.05, 4.69) is 5.32 Å². The average Bonchev–Trinajstić information content (AvgIpc) is 2.48. The van der Waals surface area contributed by atoms with Crippen LogP contribution in [0.2, 0.25) is 0 Å². The van der Waals surface area contributed by atoms with E-state index >= 15 is 0 Å². The van der Waals surface area contributed by atoms with Gasteiger partial charge in [-0.3, -0.25) is 4.79 Å². The first-order chi connectivity index (χ1) is 10.1. The maximum absolute atomic E-state index is 11.2.